The zero-order chi connectivity index (χ0) is 37.1. The Balaban J connectivity index is 1.08. The molecule has 1 aliphatic heterocycles. The number of ketones is 3. The molecule has 1 atom stereocenters. The normalized spacial score (nSPS) is 12.6. The van der Waals surface area contributed by atoms with Crippen molar-refractivity contribution in [3.8, 4) is 5.75 Å². The molecule has 1 heterocycles. The summed E-state index contributed by atoms with van der Waals surface area (Å²) in [7, 11) is 0. The van der Waals surface area contributed by atoms with Crippen LogP contribution in [-0.2, 0) is 40.0 Å². The summed E-state index contributed by atoms with van der Waals surface area (Å²) in [4.78, 5) is 112. The second-order valence-corrected chi connectivity index (χ2v) is 12.0. The lowest BCUT2D eigenvalue weighted by molar-refractivity contribution is -0.143. The number of aromatic hydroxyl groups is 1. The van der Waals surface area contributed by atoms with Crippen molar-refractivity contribution in [1.82, 2.24) is 20.9 Å². The molecule has 0 saturated heterocycles. The van der Waals surface area contributed by atoms with E-state index in [1.54, 1.807) is 48.5 Å². The van der Waals surface area contributed by atoms with Crippen LogP contribution >= 0.6 is 0 Å². The molecule has 1 aliphatic rings. The van der Waals surface area contributed by atoms with E-state index in [1.807, 2.05) is 0 Å². The summed E-state index contributed by atoms with van der Waals surface area (Å²) in [6.45, 7) is -1.86. The number of phenols is 1. The molecule has 3 aromatic rings. The van der Waals surface area contributed by atoms with Gasteiger partial charge in [0.25, 0.3) is 11.8 Å². The number of carbonyl (C=O) groups is 9. The number of nitrogens with zero attached hydrogens (tertiary/aromatic N) is 1. The van der Waals surface area contributed by atoms with Crippen LogP contribution < -0.4 is 16.0 Å². The Morgan fingerprint density at radius 2 is 1.12 bits per heavy atom. The van der Waals surface area contributed by atoms with Gasteiger partial charge in [-0.3, -0.25) is 48.1 Å². The monoisotopic (exact) mass is 700 g/mol. The number of aliphatic carboxylic acids is 1. The van der Waals surface area contributed by atoms with Crippen LogP contribution in [-0.4, -0.2) is 94.1 Å². The zero-order valence-corrected chi connectivity index (χ0v) is 27.4. The molecule has 3 aromatic carbocycles. The molecule has 4 rings (SSSR count). The maximum atomic E-state index is 12.9. The first-order valence-corrected chi connectivity index (χ1v) is 16.1. The number of Topliss-reactive ketones (excluding diaryl/α,β-unsaturated/α-hetero) is 3. The third-order valence-electron chi connectivity index (χ3n) is 8.11. The molecule has 0 bridgehead atoms. The Hall–Kier alpha value is -6.25. The minimum absolute atomic E-state index is 0.0222. The highest BCUT2D eigenvalue weighted by Crippen LogP contribution is 2.29. The van der Waals surface area contributed by atoms with E-state index in [9.17, 15) is 53.4 Å². The van der Waals surface area contributed by atoms with Gasteiger partial charge in [-0.05, 0) is 41.6 Å². The van der Waals surface area contributed by atoms with Gasteiger partial charge in [-0.1, -0.05) is 36.4 Å². The number of hydrogen-bond donors (Lipinski definition) is 5. The van der Waals surface area contributed by atoms with E-state index in [0.29, 0.717) is 22.1 Å². The van der Waals surface area contributed by atoms with E-state index in [2.05, 4.69) is 16.0 Å². The predicted octanol–water partition coefficient (Wildman–Crippen LogP) is 1.09. The highest BCUT2D eigenvalue weighted by molar-refractivity contribution is 6.26. The van der Waals surface area contributed by atoms with Gasteiger partial charge in [0, 0.05) is 48.6 Å². The van der Waals surface area contributed by atoms with Crippen LogP contribution in [0.5, 0.6) is 5.75 Å². The number of benzene rings is 3. The summed E-state index contributed by atoms with van der Waals surface area (Å²) < 4.78 is 0. The van der Waals surface area contributed by atoms with Gasteiger partial charge in [0.2, 0.25) is 17.7 Å². The molecule has 0 aromatic heterocycles. The molecule has 5 N–H and O–H groups in total. The summed E-state index contributed by atoms with van der Waals surface area (Å²) in [6.07, 6.45) is -1.33. The van der Waals surface area contributed by atoms with E-state index < -0.39 is 85.0 Å². The SMILES string of the molecule is O=C(CCC(=O)NCC(=O)CC(Cc1ccc(O)cc1)C(=O)O)CNC(=O)CCC(=O)CNC(=O)CN1C(=O)c2cccc3cccc(c23)C1=O. The van der Waals surface area contributed by atoms with Crippen LogP contribution in [0.25, 0.3) is 10.8 Å². The number of carbonyl (C=O) groups excluding carboxylic acids is 8. The van der Waals surface area contributed by atoms with Crippen LogP contribution in [0.1, 0.15) is 58.4 Å². The van der Waals surface area contributed by atoms with Crippen molar-refractivity contribution < 1.29 is 53.4 Å². The largest absolute Gasteiger partial charge is 0.508 e. The molecule has 1 unspecified atom stereocenters. The van der Waals surface area contributed by atoms with Gasteiger partial charge in [-0.15, -0.1) is 0 Å². The lowest BCUT2D eigenvalue weighted by Gasteiger charge is -2.26. The van der Waals surface area contributed by atoms with Crippen LogP contribution in [0, 0.1) is 5.92 Å². The van der Waals surface area contributed by atoms with Gasteiger partial charge in [0.1, 0.15) is 12.3 Å². The summed E-state index contributed by atoms with van der Waals surface area (Å²) in [5.74, 6) is -6.91. The van der Waals surface area contributed by atoms with E-state index in [-0.39, 0.29) is 44.3 Å². The second-order valence-electron chi connectivity index (χ2n) is 12.0. The van der Waals surface area contributed by atoms with Crippen molar-refractivity contribution >= 4 is 63.6 Å². The fraction of sp³-hybridized carbons (Fsp3) is 0.306. The molecule has 0 aliphatic carbocycles. The Labute approximate surface area is 291 Å². The Morgan fingerprint density at radius 1 is 0.627 bits per heavy atom. The smallest absolute Gasteiger partial charge is 0.307 e. The minimum atomic E-state index is -1.18. The summed E-state index contributed by atoms with van der Waals surface area (Å²) in [5, 5.41) is 27.1. The Morgan fingerprint density at radius 3 is 1.63 bits per heavy atom. The molecular formula is C36H36N4O11. The van der Waals surface area contributed by atoms with Crippen molar-refractivity contribution in [3.63, 3.8) is 0 Å². The summed E-state index contributed by atoms with van der Waals surface area (Å²) in [6, 6.07) is 16.0. The van der Waals surface area contributed by atoms with Gasteiger partial charge in [-0.2, -0.15) is 0 Å². The van der Waals surface area contributed by atoms with Gasteiger partial charge in [0.15, 0.2) is 17.3 Å². The maximum Gasteiger partial charge on any atom is 0.307 e. The number of phenolic OH excluding ortho intramolecular Hbond substituents is 1. The summed E-state index contributed by atoms with van der Waals surface area (Å²) in [5.41, 5.74) is 1.20. The van der Waals surface area contributed by atoms with Crippen LogP contribution in [0.2, 0.25) is 0 Å². The Kier molecular flexibility index (Phi) is 12.8. The van der Waals surface area contributed by atoms with Crippen molar-refractivity contribution in [2.45, 2.75) is 38.5 Å². The van der Waals surface area contributed by atoms with E-state index in [0.717, 1.165) is 10.3 Å². The molecule has 15 heteroatoms. The second kappa shape index (κ2) is 17.4. The maximum absolute atomic E-state index is 12.9. The Bertz CT molecular complexity index is 1840. The molecule has 0 fully saturated rings. The standard InChI is InChI=1S/C36H36N4O11/c41-24-9-7-21(8-10-24)15-23(36(50)51)16-27(44)19-38-31(46)14-11-25(42)17-37-30(45)13-12-26(43)18-39-32(47)20-40-34(48)28-5-1-3-22-4-2-6-29(33(22)28)35(40)49/h1-10,23,41H,11-20H2,(H,37,45)(H,38,46)(H,39,47)(H,50,51). The van der Waals surface area contributed by atoms with Crippen molar-refractivity contribution in [1.29, 1.82) is 0 Å². The van der Waals surface area contributed by atoms with Gasteiger partial charge in [0.05, 0.1) is 25.6 Å². The number of carboxylic acid groups (broad SMARTS) is 1. The third-order valence-corrected chi connectivity index (χ3v) is 8.11. The number of carboxylic acids is 1. The van der Waals surface area contributed by atoms with Crippen LogP contribution in [0.3, 0.4) is 0 Å². The van der Waals surface area contributed by atoms with Gasteiger partial charge < -0.3 is 26.2 Å². The number of nitrogens with one attached hydrogen (secondary N) is 3. The van der Waals surface area contributed by atoms with Crippen molar-refractivity contribution in [2.24, 2.45) is 5.92 Å². The minimum Gasteiger partial charge on any atom is -0.508 e. The lowest BCUT2D eigenvalue weighted by Crippen LogP contribution is -2.47. The fourth-order valence-corrected chi connectivity index (χ4v) is 5.38. The van der Waals surface area contributed by atoms with E-state index >= 15 is 0 Å². The lowest BCUT2D eigenvalue weighted by atomic mass is 9.94. The molecule has 5 amide bonds. The van der Waals surface area contributed by atoms with Crippen molar-refractivity contribution in [2.75, 3.05) is 26.2 Å². The molecule has 0 radical (unpaired) electrons. The first kappa shape index (κ1) is 37.6. The highest BCUT2D eigenvalue weighted by atomic mass is 16.4. The number of amides is 5. The predicted molar refractivity (Wildman–Crippen MR) is 179 cm³/mol. The third kappa shape index (κ3) is 10.6. The van der Waals surface area contributed by atoms with E-state index in [1.165, 1.54) is 12.1 Å². The van der Waals surface area contributed by atoms with E-state index in [4.69, 9.17) is 0 Å². The number of imide groups is 1. The fourth-order valence-electron chi connectivity index (χ4n) is 5.38. The molecule has 266 valence electrons. The average molecular weight is 701 g/mol. The summed E-state index contributed by atoms with van der Waals surface area (Å²) >= 11 is 0. The first-order chi connectivity index (χ1) is 24.3. The highest BCUT2D eigenvalue weighted by Gasteiger charge is 2.34. The van der Waals surface area contributed by atoms with Gasteiger partial charge in [-0.25, -0.2) is 0 Å². The average Bonchev–Trinajstić information content (AvgIpc) is 3.11. The van der Waals surface area contributed by atoms with Gasteiger partial charge >= 0.3 is 5.97 Å². The number of rotatable bonds is 19. The first-order valence-electron chi connectivity index (χ1n) is 16.1. The zero-order valence-electron chi connectivity index (χ0n) is 27.4. The molecule has 51 heavy (non-hydrogen) atoms. The molecule has 0 saturated carbocycles. The quantitative estimate of drug-likeness (QED) is 0.111. The topological polar surface area (TPSA) is 233 Å². The molecule has 0 spiro atoms. The van der Waals surface area contributed by atoms with Crippen LogP contribution in [0.4, 0.5) is 0 Å². The molecular weight excluding hydrogens is 664 g/mol. The van der Waals surface area contributed by atoms with Crippen LogP contribution in [0.15, 0.2) is 60.7 Å². The number of hydrogen-bond acceptors (Lipinski definition) is 10. The van der Waals surface area contributed by atoms with Crippen molar-refractivity contribution in [3.05, 3.63) is 77.4 Å². The molecule has 15 nitrogen and oxygen atoms in total.